The molecule has 0 unspecified atom stereocenters. The molecule has 1 aliphatic rings. The molecule has 1 saturated carbocycles. The Balaban J connectivity index is 1.87. The Bertz CT molecular complexity index is 420. The highest BCUT2D eigenvalue weighted by Crippen LogP contribution is 2.24. The maximum absolute atomic E-state index is 10.4. The molecule has 0 aromatic carbocycles. The largest absolute Gasteiger partial charge is 0.481 e. The third kappa shape index (κ3) is 3.87. The van der Waals surface area contributed by atoms with Gasteiger partial charge in [-0.05, 0) is 19.3 Å². The van der Waals surface area contributed by atoms with E-state index < -0.39 is 5.97 Å². The van der Waals surface area contributed by atoms with Gasteiger partial charge in [-0.25, -0.2) is 9.97 Å². The van der Waals surface area contributed by atoms with Crippen molar-refractivity contribution in [3.8, 4) is 0 Å². The van der Waals surface area contributed by atoms with Crippen molar-refractivity contribution in [1.29, 1.82) is 0 Å². The summed E-state index contributed by atoms with van der Waals surface area (Å²) in [7, 11) is 1.91. The van der Waals surface area contributed by atoms with Crippen LogP contribution in [0.2, 0.25) is 0 Å². The third-order valence-electron chi connectivity index (χ3n) is 2.86. The summed E-state index contributed by atoms with van der Waals surface area (Å²) in [4.78, 5) is 20.8. The van der Waals surface area contributed by atoms with Crippen LogP contribution in [0.4, 0.5) is 11.6 Å². The van der Waals surface area contributed by atoms with Crippen LogP contribution in [-0.2, 0) is 4.79 Å². The van der Waals surface area contributed by atoms with Crippen molar-refractivity contribution >= 4 is 17.6 Å². The lowest BCUT2D eigenvalue weighted by atomic mass is 10.3. The van der Waals surface area contributed by atoms with Crippen LogP contribution in [0.15, 0.2) is 12.4 Å². The number of hydrogen-bond acceptors (Lipinski definition) is 5. The van der Waals surface area contributed by atoms with E-state index in [4.69, 9.17) is 5.11 Å². The van der Waals surface area contributed by atoms with Crippen molar-refractivity contribution in [2.75, 3.05) is 23.8 Å². The molecule has 0 amide bonds. The maximum Gasteiger partial charge on any atom is 0.303 e. The second-order valence-electron chi connectivity index (χ2n) is 4.60. The van der Waals surface area contributed by atoms with Gasteiger partial charge in [-0.2, -0.15) is 0 Å². The second-order valence-corrected chi connectivity index (χ2v) is 4.60. The van der Waals surface area contributed by atoms with Crippen LogP contribution in [0.25, 0.3) is 0 Å². The lowest BCUT2D eigenvalue weighted by Gasteiger charge is -2.18. The third-order valence-corrected chi connectivity index (χ3v) is 2.86. The van der Waals surface area contributed by atoms with Crippen molar-refractivity contribution in [3.05, 3.63) is 12.4 Å². The van der Waals surface area contributed by atoms with Gasteiger partial charge in [0, 0.05) is 32.1 Å². The molecule has 18 heavy (non-hydrogen) atoms. The molecular formula is C12H18N4O2. The average Bonchev–Trinajstić information content (AvgIpc) is 3.13. The van der Waals surface area contributed by atoms with E-state index in [0.29, 0.717) is 19.0 Å². The van der Waals surface area contributed by atoms with Crippen molar-refractivity contribution < 1.29 is 9.90 Å². The van der Waals surface area contributed by atoms with Crippen LogP contribution in [0.1, 0.15) is 25.7 Å². The number of nitrogens with zero attached hydrogens (tertiary/aromatic N) is 3. The first kappa shape index (κ1) is 12.6. The summed E-state index contributed by atoms with van der Waals surface area (Å²) >= 11 is 0. The van der Waals surface area contributed by atoms with Gasteiger partial charge in [0.2, 0.25) is 0 Å². The van der Waals surface area contributed by atoms with E-state index in [9.17, 15) is 4.79 Å². The lowest BCUT2D eigenvalue weighted by Crippen LogP contribution is -2.20. The highest BCUT2D eigenvalue weighted by atomic mass is 16.4. The number of carbonyl (C=O) groups is 1. The van der Waals surface area contributed by atoms with Gasteiger partial charge in [-0.3, -0.25) is 4.79 Å². The Hall–Kier alpha value is -1.85. The zero-order chi connectivity index (χ0) is 13.0. The van der Waals surface area contributed by atoms with Crippen molar-refractivity contribution in [2.45, 2.75) is 31.7 Å². The molecule has 1 aromatic rings. The first-order valence-electron chi connectivity index (χ1n) is 6.16. The SMILES string of the molecule is CN(CCCC(=O)O)c1cc(NC2CC2)ncn1. The topological polar surface area (TPSA) is 78.4 Å². The van der Waals surface area contributed by atoms with Crippen LogP contribution >= 0.6 is 0 Å². The molecule has 1 fully saturated rings. The van der Waals surface area contributed by atoms with Gasteiger partial charge in [-0.1, -0.05) is 0 Å². The second kappa shape index (κ2) is 5.66. The molecule has 6 heteroatoms. The summed E-state index contributed by atoms with van der Waals surface area (Å²) in [6.07, 6.45) is 4.74. The summed E-state index contributed by atoms with van der Waals surface area (Å²) in [6.45, 7) is 0.673. The molecule has 0 aliphatic heterocycles. The van der Waals surface area contributed by atoms with E-state index in [1.807, 2.05) is 18.0 Å². The summed E-state index contributed by atoms with van der Waals surface area (Å²) < 4.78 is 0. The minimum absolute atomic E-state index is 0.183. The summed E-state index contributed by atoms with van der Waals surface area (Å²) in [6, 6.07) is 2.46. The van der Waals surface area contributed by atoms with Gasteiger partial charge in [0.25, 0.3) is 0 Å². The molecule has 1 aliphatic carbocycles. The van der Waals surface area contributed by atoms with E-state index >= 15 is 0 Å². The first-order chi connectivity index (χ1) is 8.65. The van der Waals surface area contributed by atoms with Gasteiger partial charge >= 0.3 is 5.97 Å². The van der Waals surface area contributed by atoms with E-state index in [-0.39, 0.29) is 6.42 Å². The number of hydrogen-bond donors (Lipinski definition) is 2. The molecular weight excluding hydrogens is 232 g/mol. The minimum Gasteiger partial charge on any atom is -0.481 e. The predicted molar refractivity (Wildman–Crippen MR) is 68.8 cm³/mol. The maximum atomic E-state index is 10.4. The summed E-state index contributed by atoms with van der Waals surface area (Å²) in [5.74, 6) is 0.897. The molecule has 2 rings (SSSR count). The quantitative estimate of drug-likeness (QED) is 0.760. The van der Waals surface area contributed by atoms with Gasteiger partial charge in [0.05, 0.1) is 0 Å². The number of aromatic nitrogens is 2. The number of carboxylic acid groups (broad SMARTS) is 1. The predicted octanol–water partition coefficient (Wildman–Crippen LogP) is 1.35. The van der Waals surface area contributed by atoms with Crippen LogP contribution in [0, 0.1) is 0 Å². The smallest absolute Gasteiger partial charge is 0.303 e. The first-order valence-corrected chi connectivity index (χ1v) is 6.16. The normalized spacial score (nSPS) is 14.3. The van der Waals surface area contributed by atoms with Crippen LogP contribution in [-0.4, -0.2) is 40.7 Å². The molecule has 0 radical (unpaired) electrons. The van der Waals surface area contributed by atoms with E-state index in [1.165, 1.54) is 19.2 Å². The van der Waals surface area contributed by atoms with Gasteiger partial charge < -0.3 is 15.3 Å². The fraction of sp³-hybridized carbons (Fsp3) is 0.583. The van der Waals surface area contributed by atoms with E-state index in [1.54, 1.807) is 0 Å². The van der Waals surface area contributed by atoms with Crippen LogP contribution in [0.3, 0.4) is 0 Å². The van der Waals surface area contributed by atoms with Crippen LogP contribution in [0.5, 0.6) is 0 Å². The monoisotopic (exact) mass is 250 g/mol. The van der Waals surface area contributed by atoms with Crippen LogP contribution < -0.4 is 10.2 Å². The number of aliphatic carboxylic acids is 1. The lowest BCUT2D eigenvalue weighted by molar-refractivity contribution is -0.137. The number of anilines is 2. The zero-order valence-electron chi connectivity index (χ0n) is 10.5. The van der Waals surface area contributed by atoms with Crippen molar-refractivity contribution in [2.24, 2.45) is 0 Å². The molecule has 0 bridgehead atoms. The number of rotatable bonds is 7. The summed E-state index contributed by atoms with van der Waals surface area (Å²) in [5, 5.41) is 11.9. The summed E-state index contributed by atoms with van der Waals surface area (Å²) in [5.41, 5.74) is 0. The van der Waals surface area contributed by atoms with Gasteiger partial charge in [0.15, 0.2) is 0 Å². The molecule has 0 spiro atoms. The number of carboxylic acids is 1. The highest BCUT2D eigenvalue weighted by molar-refractivity contribution is 5.66. The van der Waals surface area contributed by atoms with Gasteiger partial charge in [0.1, 0.15) is 18.0 Å². The van der Waals surface area contributed by atoms with Crippen molar-refractivity contribution in [3.63, 3.8) is 0 Å². The van der Waals surface area contributed by atoms with E-state index in [0.717, 1.165) is 11.6 Å². The standard InChI is InChI=1S/C12H18N4O2/c1-16(6-2-3-12(17)18)11-7-10(13-8-14-11)15-9-4-5-9/h7-9H,2-6H2,1H3,(H,17,18)(H,13,14,15). The Morgan fingerprint density at radius 3 is 3.00 bits per heavy atom. The van der Waals surface area contributed by atoms with Crippen molar-refractivity contribution in [1.82, 2.24) is 9.97 Å². The van der Waals surface area contributed by atoms with Gasteiger partial charge in [-0.15, -0.1) is 0 Å². The minimum atomic E-state index is -0.762. The highest BCUT2D eigenvalue weighted by Gasteiger charge is 2.21. The Morgan fingerprint density at radius 1 is 1.56 bits per heavy atom. The molecule has 0 saturated heterocycles. The molecule has 0 atom stereocenters. The van der Waals surface area contributed by atoms with E-state index in [2.05, 4.69) is 15.3 Å². The molecule has 6 nitrogen and oxygen atoms in total. The molecule has 1 heterocycles. The molecule has 98 valence electrons. The number of nitrogens with one attached hydrogen (secondary N) is 1. The Kier molecular flexibility index (Phi) is 3.96. The Morgan fingerprint density at radius 2 is 2.33 bits per heavy atom. The zero-order valence-corrected chi connectivity index (χ0v) is 10.5. The fourth-order valence-electron chi connectivity index (χ4n) is 1.65. The molecule has 2 N–H and O–H groups in total. The fourth-order valence-corrected chi connectivity index (χ4v) is 1.65. The molecule has 1 aromatic heterocycles. The Labute approximate surface area is 106 Å². The average molecular weight is 250 g/mol.